The zero-order chi connectivity index (χ0) is 30.2. The molecule has 0 bridgehead atoms. The molecule has 4 aliphatic rings. The van der Waals surface area contributed by atoms with Gasteiger partial charge in [0.2, 0.25) is 0 Å². The van der Waals surface area contributed by atoms with E-state index >= 15 is 0 Å². The van der Waals surface area contributed by atoms with E-state index in [1.165, 1.54) is 64.2 Å². The maximum absolute atomic E-state index is 11.7. The molecular formula is C35H68N4O3. The van der Waals surface area contributed by atoms with Gasteiger partial charge >= 0.3 is 0 Å². The minimum atomic E-state index is -0.638. The van der Waals surface area contributed by atoms with E-state index in [1.807, 2.05) is 0 Å². The van der Waals surface area contributed by atoms with Gasteiger partial charge in [-0.05, 0) is 175 Å². The van der Waals surface area contributed by atoms with Crippen molar-refractivity contribution in [1.29, 1.82) is 0 Å². The Bertz CT molecular complexity index is 787. The maximum atomic E-state index is 11.7. The van der Waals surface area contributed by atoms with Gasteiger partial charge in [-0.15, -0.1) is 0 Å². The minimum Gasteiger partial charge on any atom is -0.393 e. The summed E-state index contributed by atoms with van der Waals surface area (Å²) < 4.78 is 5.12. The molecule has 0 heterocycles. The van der Waals surface area contributed by atoms with Crippen molar-refractivity contribution in [2.75, 3.05) is 46.4 Å². The van der Waals surface area contributed by atoms with Crippen LogP contribution >= 0.6 is 0 Å². The lowest BCUT2D eigenvalue weighted by Gasteiger charge is -2.62. The van der Waals surface area contributed by atoms with Crippen LogP contribution in [0.3, 0.4) is 0 Å². The van der Waals surface area contributed by atoms with E-state index in [-0.39, 0.29) is 6.10 Å². The van der Waals surface area contributed by atoms with Gasteiger partial charge in [0.15, 0.2) is 6.29 Å². The number of hydrogen-bond acceptors (Lipinski definition) is 7. The monoisotopic (exact) mass is 593 g/mol. The van der Waals surface area contributed by atoms with E-state index in [4.69, 9.17) is 10.5 Å². The van der Waals surface area contributed by atoms with Crippen molar-refractivity contribution < 1.29 is 14.9 Å². The van der Waals surface area contributed by atoms with E-state index in [0.717, 1.165) is 65.0 Å². The van der Waals surface area contributed by atoms with Gasteiger partial charge in [-0.25, -0.2) is 0 Å². The quantitative estimate of drug-likeness (QED) is 0.101. The summed E-state index contributed by atoms with van der Waals surface area (Å²) in [7, 11) is 1.60. The Morgan fingerprint density at radius 1 is 0.833 bits per heavy atom. The Balaban J connectivity index is 1.20. The number of aliphatic hydroxyl groups is 2. The Morgan fingerprint density at radius 2 is 1.50 bits per heavy atom. The molecule has 4 fully saturated rings. The van der Waals surface area contributed by atoms with Gasteiger partial charge in [0.05, 0.1) is 6.10 Å². The summed E-state index contributed by atoms with van der Waals surface area (Å²) in [5, 5.41) is 32.7. The van der Waals surface area contributed by atoms with Crippen LogP contribution in [0.15, 0.2) is 0 Å². The Labute approximate surface area is 258 Å². The summed E-state index contributed by atoms with van der Waals surface area (Å²) in [6.45, 7) is 13.8. The molecule has 4 aliphatic carbocycles. The first-order chi connectivity index (χ1) is 20.2. The average molecular weight is 593 g/mol. The third-order valence-corrected chi connectivity index (χ3v) is 13.1. The lowest BCUT2D eigenvalue weighted by atomic mass is 9.43. The van der Waals surface area contributed by atoms with Gasteiger partial charge in [0, 0.05) is 13.2 Å². The molecule has 42 heavy (non-hydrogen) atoms. The fourth-order valence-electron chi connectivity index (χ4n) is 10.6. The van der Waals surface area contributed by atoms with Crippen LogP contribution in [0.4, 0.5) is 0 Å². The molecule has 5 unspecified atom stereocenters. The van der Waals surface area contributed by atoms with Crippen LogP contribution in [-0.4, -0.2) is 75.0 Å². The van der Waals surface area contributed by atoms with Crippen molar-refractivity contribution in [3.05, 3.63) is 0 Å². The molecule has 0 aromatic heterocycles. The lowest BCUT2D eigenvalue weighted by Crippen LogP contribution is -2.59. The largest absolute Gasteiger partial charge is 0.393 e. The molecule has 0 amide bonds. The maximum Gasteiger partial charge on any atom is 0.154 e. The third kappa shape index (κ3) is 8.10. The number of ether oxygens (including phenoxy) is 1. The second-order valence-corrected chi connectivity index (χ2v) is 15.4. The molecule has 0 spiro atoms. The van der Waals surface area contributed by atoms with Crippen LogP contribution in [0, 0.1) is 46.3 Å². The van der Waals surface area contributed by atoms with Crippen LogP contribution in [0.2, 0.25) is 0 Å². The third-order valence-electron chi connectivity index (χ3n) is 13.1. The van der Waals surface area contributed by atoms with Gasteiger partial charge < -0.3 is 36.6 Å². The fraction of sp³-hybridized carbons (Fsp3) is 1.00. The highest BCUT2D eigenvalue weighted by Crippen LogP contribution is 2.68. The molecular weight excluding hydrogens is 524 g/mol. The number of nitrogens with one attached hydrogen (secondary N) is 3. The SMILES string of the molecule is COC(O)CCC(C)[C@H]1CCC2C3C(CC[C@@]21C)[C@@]1(C)CC[C@H](NCCCNCCCCNCCCN)C[C@@H]1C[C@H]3O. The zero-order valence-corrected chi connectivity index (χ0v) is 27.7. The molecule has 4 rings (SSSR count). The summed E-state index contributed by atoms with van der Waals surface area (Å²) >= 11 is 0. The number of fused-ring (bicyclic) bond motifs is 5. The smallest absolute Gasteiger partial charge is 0.154 e. The molecule has 7 N–H and O–H groups in total. The first kappa shape index (κ1) is 34.6. The van der Waals surface area contributed by atoms with Crippen LogP contribution in [0.5, 0.6) is 0 Å². The highest BCUT2D eigenvalue weighted by molar-refractivity contribution is 5.12. The molecule has 0 aliphatic heterocycles. The summed E-state index contributed by atoms with van der Waals surface area (Å²) in [4.78, 5) is 0. The minimum absolute atomic E-state index is 0.138. The topological polar surface area (TPSA) is 112 Å². The Morgan fingerprint density at radius 3 is 2.21 bits per heavy atom. The lowest BCUT2D eigenvalue weighted by molar-refractivity contribution is -0.167. The molecule has 11 atom stereocenters. The molecule has 4 saturated carbocycles. The predicted molar refractivity (Wildman–Crippen MR) is 173 cm³/mol. The summed E-state index contributed by atoms with van der Waals surface area (Å²) in [6.07, 6.45) is 15.7. The number of nitrogens with two attached hydrogens (primary N) is 1. The van der Waals surface area contributed by atoms with E-state index in [9.17, 15) is 10.2 Å². The van der Waals surface area contributed by atoms with Crippen molar-refractivity contribution in [3.8, 4) is 0 Å². The van der Waals surface area contributed by atoms with Crippen molar-refractivity contribution >= 4 is 0 Å². The molecule has 0 aromatic rings. The van der Waals surface area contributed by atoms with Gasteiger partial charge in [-0.2, -0.15) is 0 Å². The Kier molecular flexibility index (Phi) is 13.4. The highest BCUT2D eigenvalue weighted by atomic mass is 16.6. The van der Waals surface area contributed by atoms with E-state index in [1.54, 1.807) is 7.11 Å². The summed E-state index contributed by atoms with van der Waals surface area (Å²) in [5.74, 6) is 3.74. The second-order valence-electron chi connectivity index (χ2n) is 15.4. The molecule has 7 heteroatoms. The normalized spacial score (nSPS) is 39.4. The number of unbranched alkanes of at least 4 members (excludes halogenated alkanes) is 1. The first-order valence-corrected chi connectivity index (χ1v) is 18.0. The Hall–Kier alpha value is -0.280. The van der Waals surface area contributed by atoms with E-state index in [2.05, 4.69) is 36.7 Å². The van der Waals surface area contributed by atoms with E-state index < -0.39 is 6.29 Å². The van der Waals surface area contributed by atoms with Gasteiger partial charge in [-0.1, -0.05) is 20.8 Å². The molecule has 0 saturated heterocycles. The van der Waals surface area contributed by atoms with Crippen molar-refractivity contribution in [1.82, 2.24) is 16.0 Å². The van der Waals surface area contributed by atoms with Gasteiger partial charge in [0.25, 0.3) is 0 Å². The van der Waals surface area contributed by atoms with Crippen LogP contribution in [0.25, 0.3) is 0 Å². The highest BCUT2D eigenvalue weighted by Gasteiger charge is 2.62. The number of methoxy groups -OCH3 is 1. The van der Waals surface area contributed by atoms with E-state index in [0.29, 0.717) is 52.4 Å². The number of hydrogen-bond donors (Lipinski definition) is 6. The summed E-state index contributed by atoms with van der Waals surface area (Å²) in [6, 6.07) is 0.611. The van der Waals surface area contributed by atoms with Crippen molar-refractivity contribution in [3.63, 3.8) is 0 Å². The molecule has 0 aromatic carbocycles. The molecule has 7 nitrogen and oxygen atoms in total. The number of aliphatic hydroxyl groups excluding tert-OH is 2. The predicted octanol–water partition coefficient (Wildman–Crippen LogP) is 4.65. The second kappa shape index (κ2) is 16.3. The average Bonchev–Trinajstić information content (AvgIpc) is 3.34. The number of rotatable bonds is 18. The van der Waals surface area contributed by atoms with Crippen molar-refractivity contribution in [2.45, 2.75) is 129 Å². The first-order valence-electron chi connectivity index (χ1n) is 18.0. The van der Waals surface area contributed by atoms with Gasteiger partial charge in [0.1, 0.15) is 0 Å². The van der Waals surface area contributed by atoms with Crippen molar-refractivity contribution in [2.24, 2.45) is 52.1 Å². The fourth-order valence-corrected chi connectivity index (χ4v) is 10.6. The van der Waals surface area contributed by atoms with Crippen LogP contribution in [-0.2, 0) is 4.74 Å². The molecule has 246 valence electrons. The zero-order valence-electron chi connectivity index (χ0n) is 27.7. The summed E-state index contributed by atoms with van der Waals surface area (Å²) in [5.41, 5.74) is 6.25. The van der Waals surface area contributed by atoms with Crippen LogP contribution in [0.1, 0.15) is 111 Å². The van der Waals surface area contributed by atoms with Crippen LogP contribution < -0.4 is 21.7 Å². The molecule has 0 radical (unpaired) electrons. The van der Waals surface area contributed by atoms with Gasteiger partial charge in [-0.3, -0.25) is 0 Å². The standard InChI is InChI=1S/C35H68N4O3/c1-25(9-12-32(41)42-4)28-10-11-29-33-30(14-16-35(28,29)3)34(2)15-13-27(23-26(34)24-31(33)40)39-22-8-21-38-19-6-5-18-37-20-7-17-36/h25-33,37-41H,5-24,36H2,1-4H3/t25?,26-,27+,28-,29?,30?,31-,32?,33?,34+,35-/m1/s1.